The molecule has 1 aliphatic rings. The first-order valence-corrected chi connectivity index (χ1v) is 10.8. The maximum Gasteiger partial charge on any atom is 0.283 e. The Bertz CT molecular complexity index is 1130. The molecule has 0 unspecified atom stereocenters. The van der Waals surface area contributed by atoms with Crippen LogP contribution in [0.1, 0.15) is 12.0 Å². The van der Waals surface area contributed by atoms with Crippen molar-refractivity contribution in [3.63, 3.8) is 0 Å². The lowest BCUT2D eigenvalue weighted by atomic mass is 10.2. The van der Waals surface area contributed by atoms with Crippen molar-refractivity contribution in [3.8, 4) is 6.07 Å². The summed E-state index contributed by atoms with van der Waals surface area (Å²) in [6.07, 6.45) is 1.70. The highest BCUT2D eigenvalue weighted by molar-refractivity contribution is 8.14. The molecule has 0 aromatic heterocycles. The van der Waals surface area contributed by atoms with Crippen molar-refractivity contribution in [2.75, 3.05) is 17.2 Å². The molecule has 0 bridgehead atoms. The fraction of sp³-hybridized carbons (Fsp3) is 0.143. The number of anilines is 1. The zero-order valence-corrected chi connectivity index (χ0v) is 18.3. The first-order chi connectivity index (χ1) is 14.9. The molecule has 158 valence electrons. The van der Waals surface area contributed by atoms with Crippen LogP contribution in [-0.4, -0.2) is 29.3 Å². The third kappa shape index (κ3) is 5.64. The van der Waals surface area contributed by atoms with Crippen molar-refractivity contribution in [1.29, 1.82) is 5.26 Å². The molecule has 10 heteroatoms. The van der Waals surface area contributed by atoms with E-state index in [9.17, 15) is 14.0 Å². The number of hydrogen-bond acceptors (Lipinski definition) is 5. The first kappa shape index (κ1) is 22.8. The molecule has 6 nitrogen and oxygen atoms in total. The highest BCUT2D eigenvalue weighted by atomic mass is 35.5. The Morgan fingerprint density at radius 1 is 1.26 bits per heavy atom. The van der Waals surface area contributed by atoms with E-state index in [0.717, 1.165) is 16.7 Å². The molecule has 2 aromatic carbocycles. The average Bonchev–Trinajstić information content (AvgIpc) is 3.05. The molecule has 0 saturated heterocycles. The van der Waals surface area contributed by atoms with Crippen molar-refractivity contribution in [2.45, 2.75) is 6.42 Å². The Labute approximate surface area is 192 Å². The van der Waals surface area contributed by atoms with Gasteiger partial charge in [-0.3, -0.25) is 14.5 Å². The summed E-state index contributed by atoms with van der Waals surface area (Å²) in [5.74, 6) is -1.52. The summed E-state index contributed by atoms with van der Waals surface area (Å²) in [7, 11) is 0. The summed E-state index contributed by atoms with van der Waals surface area (Å²) in [5.41, 5.74) is 0.686. The average molecular weight is 477 g/mol. The minimum absolute atomic E-state index is 0.0289. The molecular weight excluding hydrogens is 462 g/mol. The molecule has 3 rings (SSSR count). The van der Waals surface area contributed by atoms with Gasteiger partial charge < -0.3 is 5.32 Å². The number of amides is 2. The third-order valence-electron chi connectivity index (χ3n) is 4.06. The topological polar surface area (TPSA) is 85.6 Å². The van der Waals surface area contributed by atoms with Crippen LogP contribution in [0.2, 0.25) is 10.0 Å². The van der Waals surface area contributed by atoms with Crippen LogP contribution in [0.15, 0.2) is 53.2 Å². The molecule has 31 heavy (non-hydrogen) atoms. The van der Waals surface area contributed by atoms with E-state index in [1.54, 1.807) is 24.3 Å². The second-order valence-electron chi connectivity index (χ2n) is 6.24. The van der Waals surface area contributed by atoms with E-state index in [1.807, 2.05) is 6.07 Å². The van der Waals surface area contributed by atoms with E-state index < -0.39 is 11.7 Å². The summed E-state index contributed by atoms with van der Waals surface area (Å²) in [5, 5.41) is 12.0. The van der Waals surface area contributed by atoms with Gasteiger partial charge in [-0.25, -0.2) is 9.38 Å². The van der Waals surface area contributed by atoms with Gasteiger partial charge in [-0.1, -0.05) is 53.2 Å². The van der Waals surface area contributed by atoms with Crippen molar-refractivity contribution < 1.29 is 14.0 Å². The summed E-state index contributed by atoms with van der Waals surface area (Å²) in [4.78, 5) is 30.5. The van der Waals surface area contributed by atoms with Gasteiger partial charge in [0.2, 0.25) is 5.91 Å². The lowest BCUT2D eigenvalue weighted by Gasteiger charge is -2.18. The zero-order valence-electron chi connectivity index (χ0n) is 15.9. The number of halogens is 3. The minimum Gasteiger partial charge on any atom is -0.354 e. The SMILES string of the molecule is N#CCCNC(=O)CSC1=N/C(=C/c2ccc(Cl)c(Cl)c2)C(=O)N1c1ccccc1F. The first-order valence-electron chi connectivity index (χ1n) is 9.01. The molecule has 0 radical (unpaired) electrons. The minimum atomic E-state index is -0.599. The number of carbonyl (C=O) groups excluding carboxylic acids is 2. The standard InChI is InChI=1S/C21H15Cl2FN4O2S/c22-14-7-6-13(10-15(14)23)11-17-20(30)28(18-5-2-1-4-16(18)24)21(27-17)31-12-19(29)26-9-3-8-25/h1-2,4-7,10-11H,3,9,12H2,(H,26,29)/b17-11+. The van der Waals surface area contributed by atoms with Crippen LogP contribution in [0, 0.1) is 17.1 Å². The number of thioether (sulfide) groups is 1. The van der Waals surface area contributed by atoms with Gasteiger partial charge in [-0.05, 0) is 35.9 Å². The number of nitriles is 1. The van der Waals surface area contributed by atoms with Crippen molar-refractivity contribution in [2.24, 2.45) is 4.99 Å². The van der Waals surface area contributed by atoms with Gasteiger partial charge in [-0.15, -0.1) is 0 Å². The predicted octanol–water partition coefficient (Wildman–Crippen LogP) is 4.64. The molecule has 0 spiro atoms. The van der Waals surface area contributed by atoms with Crippen LogP contribution in [0.5, 0.6) is 0 Å². The largest absolute Gasteiger partial charge is 0.354 e. The number of amidine groups is 1. The number of para-hydroxylation sites is 1. The van der Waals surface area contributed by atoms with Gasteiger partial charge in [0.05, 0.1) is 34.0 Å². The normalized spacial score (nSPS) is 14.5. The quantitative estimate of drug-likeness (QED) is 0.485. The lowest BCUT2D eigenvalue weighted by Crippen LogP contribution is -2.33. The smallest absolute Gasteiger partial charge is 0.283 e. The van der Waals surface area contributed by atoms with E-state index in [0.29, 0.717) is 15.6 Å². The van der Waals surface area contributed by atoms with E-state index in [4.69, 9.17) is 28.5 Å². The van der Waals surface area contributed by atoms with Gasteiger partial charge in [0.15, 0.2) is 5.17 Å². The fourth-order valence-corrected chi connectivity index (χ4v) is 3.78. The van der Waals surface area contributed by atoms with Crippen LogP contribution < -0.4 is 10.2 Å². The van der Waals surface area contributed by atoms with Crippen molar-refractivity contribution in [3.05, 3.63) is 69.6 Å². The Morgan fingerprint density at radius 3 is 2.74 bits per heavy atom. The number of aliphatic imine (C=N–C) groups is 1. The summed E-state index contributed by atoms with van der Waals surface area (Å²) in [6.45, 7) is 0.223. The van der Waals surface area contributed by atoms with E-state index >= 15 is 0 Å². The monoisotopic (exact) mass is 476 g/mol. The van der Waals surface area contributed by atoms with Crippen LogP contribution in [0.25, 0.3) is 6.08 Å². The fourth-order valence-electron chi connectivity index (χ4n) is 2.64. The Kier molecular flexibility index (Phi) is 7.69. The molecule has 0 aliphatic carbocycles. The maximum absolute atomic E-state index is 14.4. The Hall–Kier alpha value is -2.86. The Morgan fingerprint density at radius 2 is 2.03 bits per heavy atom. The van der Waals surface area contributed by atoms with Gasteiger partial charge in [-0.2, -0.15) is 5.26 Å². The highest BCUT2D eigenvalue weighted by Gasteiger charge is 2.33. The van der Waals surface area contributed by atoms with Crippen LogP contribution in [0.4, 0.5) is 10.1 Å². The molecule has 1 heterocycles. The van der Waals surface area contributed by atoms with Gasteiger partial charge in [0.1, 0.15) is 11.5 Å². The van der Waals surface area contributed by atoms with Gasteiger partial charge in [0.25, 0.3) is 5.91 Å². The number of rotatable bonds is 6. The molecule has 1 aliphatic heterocycles. The molecule has 0 fully saturated rings. The van der Waals surface area contributed by atoms with Gasteiger partial charge >= 0.3 is 0 Å². The lowest BCUT2D eigenvalue weighted by molar-refractivity contribution is -0.118. The van der Waals surface area contributed by atoms with Crippen LogP contribution in [-0.2, 0) is 9.59 Å². The second-order valence-corrected chi connectivity index (χ2v) is 7.99. The number of carbonyl (C=O) groups is 2. The number of nitrogens with zero attached hydrogens (tertiary/aromatic N) is 3. The molecule has 0 saturated carbocycles. The second kappa shape index (κ2) is 10.4. The zero-order chi connectivity index (χ0) is 22.4. The number of benzene rings is 2. The highest BCUT2D eigenvalue weighted by Crippen LogP contribution is 2.31. The van der Waals surface area contributed by atoms with Crippen molar-refractivity contribution in [1.82, 2.24) is 5.32 Å². The summed E-state index contributed by atoms with van der Waals surface area (Å²) in [6, 6.07) is 12.6. The van der Waals surface area contributed by atoms with Gasteiger partial charge in [0, 0.05) is 6.54 Å². The molecule has 1 N–H and O–H groups in total. The summed E-state index contributed by atoms with van der Waals surface area (Å²) < 4.78 is 14.4. The number of hydrogen-bond donors (Lipinski definition) is 1. The van der Waals surface area contributed by atoms with Crippen LogP contribution in [0.3, 0.4) is 0 Å². The van der Waals surface area contributed by atoms with E-state index in [-0.39, 0.29) is 41.2 Å². The van der Waals surface area contributed by atoms with Crippen molar-refractivity contribution >= 4 is 63.7 Å². The molecule has 2 aromatic rings. The Balaban J connectivity index is 1.89. The molecule has 0 atom stereocenters. The van der Waals surface area contributed by atoms with Crippen LogP contribution >= 0.6 is 35.0 Å². The number of nitrogens with one attached hydrogen (secondary N) is 1. The van der Waals surface area contributed by atoms with E-state index in [2.05, 4.69) is 10.3 Å². The van der Waals surface area contributed by atoms with E-state index in [1.165, 1.54) is 24.3 Å². The third-order valence-corrected chi connectivity index (χ3v) is 5.74. The molecular formula is C21H15Cl2FN4O2S. The summed E-state index contributed by atoms with van der Waals surface area (Å²) >= 11 is 13.0. The maximum atomic E-state index is 14.4. The predicted molar refractivity (Wildman–Crippen MR) is 121 cm³/mol. The molecule has 2 amide bonds.